The molecule has 0 saturated carbocycles. The van der Waals surface area contributed by atoms with E-state index in [0.29, 0.717) is 38.1 Å². The Hall–Kier alpha value is -2.46. The summed E-state index contributed by atoms with van der Waals surface area (Å²) in [6.07, 6.45) is 0.653. The molecular weight excluding hydrogens is 338 g/mol. The van der Waals surface area contributed by atoms with E-state index in [0.717, 1.165) is 16.8 Å². The first-order chi connectivity index (χ1) is 13.1. The molecule has 1 aliphatic rings. The Morgan fingerprint density at radius 2 is 1.59 bits per heavy atom. The lowest BCUT2D eigenvalue weighted by molar-refractivity contribution is -0.147. The van der Waals surface area contributed by atoms with Crippen molar-refractivity contribution in [3.8, 4) is 0 Å². The van der Waals surface area contributed by atoms with Crippen molar-refractivity contribution in [1.82, 2.24) is 0 Å². The Morgan fingerprint density at radius 1 is 1.04 bits per heavy atom. The average molecular weight is 365 g/mol. The summed E-state index contributed by atoms with van der Waals surface area (Å²) in [6.45, 7) is 5.86. The molecule has 1 atom stereocenters. The summed E-state index contributed by atoms with van der Waals surface area (Å²) < 4.78 is 10.8. The van der Waals surface area contributed by atoms with E-state index in [1.54, 1.807) is 0 Å². The minimum absolute atomic E-state index is 0.250. The van der Waals surface area contributed by atoms with Crippen LogP contribution in [0.2, 0.25) is 0 Å². The Morgan fingerprint density at radius 3 is 2.04 bits per heavy atom. The summed E-state index contributed by atoms with van der Waals surface area (Å²) in [5.74, 6) is 0.409. The second-order valence-corrected chi connectivity index (χ2v) is 7.39. The first-order valence-corrected chi connectivity index (χ1v) is 9.56. The van der Waals surface area contributed by atoms with E-state index in [9.17, 15) is 4.79 Å². The van der Waals surface area contributed by atoms with Crippen LogP contribution in [-0.2, 0) is 14.3 Å². The van der Waals surface area contributed by atoms with E-state index in [4.69, 9.17) is 14.5 Å². The number of aliphatic imine (C=N–C) groups is 1. The van der Waals surface area contributed by atoms with Gasteiger partial charge in [-0.25, -0.2) is 4.79 Å². The van der Waals surface area contributed by atoms with E-state index in [-0.39, 0.29) is 5.97 Å². The van der Waals surface area contributed by atoms with Crippen LogP contribution in [0.3, 0.4) is 0 Å². The molecule has 0 N–H and O–H groups in total. The summed E-state index contributed by atoms with van der Waals surface area (Å²) in [5, 5.41) is 0. The zero-order valence-corrected chi connectivity index (χ0v) is 16.0. The fourth-order valence-electron chi connectivity index (χ4n) is 2.95. The van der Waals surface area contributed by atoms with Crippen molar-refractivity contribution in [2.45, 2.75) is 26.3 Å². The second-order valence-electron chi connectivity index (χ2n) is 7.39. The molecule has 4 nitrogen and oxygen atoms in total. The van der Waals surface area contributed by atoms with E-state index < -0.39 is 6.04 Å². The third kappa shape index (κ3) is 5.51. The van der Waals surface area contributed by atoms with Gasteiger partial charge in [0.05, 0.1) is 25.5 Å². The number of nitrogens with zero attached hydrogens (tertiary/aromatic N) is 1. The van der Waals surface area contributed by atoms with Gasteiger partial charge in [-0.15, -0.1) is 0 Å². The monoisotopic (exact) mass is 365 g/mol. The fourth-order valence-corrected chi connectivity index (χ4v) is 2.95. The van der Waals surface area contributed by atoms with E-state index in [1.807, 2.05) is 74.5 Å². The van der Waals surface area contributed by atoms with Crippen LogP contribution < -0.4 is 0 Å². The molecule has 4 heteroatoms. The smallest absolute Gasteiger partial charge is 0.330 e. The molecule has 1 unspecified atom stereocenters. The van der Waals surface area contributed by atoms with Crippen molar-refractivity contribution in [2.75, 3.05) is 19.8 Å². The van der Waals surface area contributed by atoms with Gasteiger partial charge >= 0.3 is 5.97 Å². The maximum absolute atomic E-state index is 12.8. The van der Waals surface area contributed by atoms with Crippen molar-refractivity contribution >= 4 is 11.7 Å². The van der Waals surface area contributed by atoms with Gasteiger partial charge in [-0.05, 0) is 12.3 Å². The molecule has 0 aliphatic carbocycles. The average Bonchev–Trinajstić information content (AvgIpc) is 2.66. The number of hydrogen-bond acceptors (Lipinski definition) is 4. The largest absolute Gasteiger partial charge is 0.464 e. The number of carbonyl (C=O) groups excluding carboxylic acids is 1. The van der Waals surface area contributed by atoms with Crippen LogP contribution in [0.25, 0.3) is 0 Å². The van der Waals surface area contributed by atoms with Gasteiger partial charge in [-0.3, -0.25) is 4.99 Å². The van der Waals surface area contributed by atoms with Gasteiger partial charge in [-0.1, -0.05) is 74.5 Å². The van der Waals surface area contributed by atoms with Crippen molar-refractivity contribution < 1.29 is 14.3 Å². The van der Waals surface area contributed by atoms with Crippen LogP contribution >= 0.6 is 0 Å². The summed E-state index contributed by atoms with van der Waals surface area (Å²) in [6, 6.07) is 19.5. The second kappa shape index (κ2) is 9.47. The molecule has 142 valence electrons. The molecule has 0 bridgehead atoms. The Kier molecular flexibility index (Phi) is 6.77. The lowest BCUT2D eigenvalue weighted by atomic mass is 9.97. The molecule has 1 aliphatic heterocycles. The predicted octanol–water partition coefficient (Wildman–Crippen LogP) is 4.13. The number of benzene rings is 2. The number of hydrogen-bond donors (Lipinski definition) is 0. The summed E-state index contributed by atoms with van der Waals surface area (Å²) >= 11 is 0. The molecule has 2 aromatic rings. The zero-order valence-electron chi connectivity index (χ0n) is 16.0. The first kappa shape index (κ1) is 19.3. The van der Waals surface area contributed by atoms with Crippen LogP contribution in [0.1, 0.15) is 31.4 Å². The summed E-state index contributed by atoms with van der Waals surface area (Å²) in [5.41, 5.74) is 2.81. The quantitative estimate of drug-likeness (QED) is 0.522. The fraction of sp³-hybridized carbons (Fsp3) is 0.391. The van der Waals surface area contributed by atoms with Gasteiger partial charge in [0.25, 0.3) is 0 Å². The number of ether oxygens (including phenoxy) is 2. The minimum atomic E-state index is -0.520. The highest BCUT2D eigenvalue weighted by Crippen LogP contribution is 2.21. The van der Waals surface area contributed by atoms with Gasteiger partial charge in [0.1, 0.15) is 6.04 Å². The first-order valence-electron chi connectivity index (χ1n) is 9.56. The number of esters is 1. The van der Waals surface area contributed by atoms with Crippen molar-refractivity contribution in [3.63, 3.8) is 0 Å². The van der Waals surface area contributed by atoms with Gasteiger partial charge in [0.15, 0.2) is 0 Å². The molecule has 0 aromatic heterocycles. The maximum atomic E-state index is 12.8. The molecular formula is C23H27NO3. The number of carbonyl (C=O) groups is 1. The molecule has 0 amide bonds. The lowest BCUT2D eigenvalue weighted by Crippen LogP contribution is -2.35. The topological polar surface area (TPSA) is 47.9 Å². The molecule has 27 heavy (non-hydrogen) atoms. The van der Waals surface area contributed by atoms with Crippen LogP contribution in [0.4, 0.5) is 0 Å². The van der Waals surface area contributed by atoms with Gasteiger partial charge in [0, 0.05) is 17.0 Å². The number of rotatable bonds is 8. The van der Waals surface area contributed by atoms with Crippen LogP contribution in [0.5, 0.6) is 0 Å². The standard InChI is InChI=1S/C23H27NO3/c1-17(2)14-27-23(25)21(13-18-15-26-16-18)24-22(19-9-5-3-6-10-19)20-11-7-4-8-12-20/h3-12,17-18,21H,13-16H2,1-2H3. The molecule has 2 aromatic carbocycles. The zero-order chi connectivity index (χ0) is 19.1. The SMILES string of the molecule is CC(C)COC(=O)C(CC1COC1)N=C(c1ccccc1)c1ccccc1. The third-order valence-electron chi connectivity index (χ3n) is 4.47. The lowest BCUT2D eigenvalue weighted by Gasteiger charge is -2.28. The molecule has 1 heterocycles. The van der Waals surface area contributed by atoms with Crippen LogP contribution in [0.15, 0.2) is 65.7 Å². The minimum Gasteiger partial charge on any atom is -0.464 e. The highest BCUT2D eigenvalue weighted by Gasteiger charge is 2.29. The molecule has 1 saturated heterocycles. The Labute approximate surface area is 161 Å². The normalized spacial score (nSPS) is 15.1. The molecule has 0 spiro atoms. The van der Waals surface area contributed by atoms with Crippen molar-refractivity contribution in [1.29, 1.82) is 0 Å². The Bertz CT molecular complexity index is 710. The molecule has 0 radical (unpaired) electrons. The van der Waals surface area contributed by atoms with E-state index in [1.165, 1.54) is 0 Å². The summed E-state index contributed by atoms with van der Waals surface area (Å²) in [4.78, 5) is 17.7. The highest BCUT2D eigenvalue weighted by molar-refractivity contribution is 6.13. The van der Waals surface area contributed by atoms with E-state index in [2.05, 4.69) is 0 Å². The van der Waals surface area contributed by atoms with Gasteiger partial charge in [0.2, 0.25) is 0 Å². The Balaban J connectivity index is 1.92. The highest BCUT2D eigenvalue weighted by atomic mass is 16.5. The molecule has 3 rings (SSSR count). The molecule has 1 fully saturated rings. The van der Waals surface area contributed by atoms with Crippen molar-refractivity contribution in [2.24, 2.45) is 16.8 Å². The van der Waals surface area contributed by atoms with Gasteiger partial charge < -0.3 is 9.47 Å². The van der Waals surface area contributed by atoms with Crippen LogP contribution in [-0.4, -0.2) is 37.5 Å². The van der Waals surface area contributed by atoms with Gasteiger partial charge in [-0.2, -0.15) is 0 Å². The van der Waals surface area contributed by atoms with Crippen LogP contribution in [0, 0.1) is 11.8 Å². The predicted molar refractivity (Wildman–Crippen MR) is 107 cm³/mol. The third-order valence-corrected chi connectivity index (χ3v) is 4.47. The van der Waals surface area contributed by atoms with E-state index >= 15 is 0 Å². The summed E-state index contributed by atoms with van der Waals surface area (Å²) in [7, 11) is 0. The maximum Gasteiger partial charge on any atom is 0.330 e. The van der Waals surface area contributed by atoms with Crippen molar-refractivity contribution in [3.05, 3.63) is 71.8 Å².